The predicted octanol–water partition coefficient (Wildman–Crippen LogP) is 8.06. The number of carbonyl (C=O) groups excluding carboxylic acids is 2. The molecule has 0 bridgehead atoms. The van der Waals surface area contributed by atoms with E-state index in [1.807, 2.05) is 13.8 Å². The molecule has 44 heavy (non-hydrogen) atoms. The molecule has 0 unspecified atom stereocenters. The van der Waals surface area contributed by atoms with Gasteiger partial charge in [-0.05, 0) is 68.1 Å². The average Bonchev–Trinajstić information content (AvgIpc) is 2.99. The van der Waals surface area contributed by atoms with Gasteiger partial charge in [0.15, 0.2) is 0 Å². The molecule has 2 amide bonds. The first-order valence-corrected chi connectivity index (χ1v) is 17.4. The number of hydrogen-bond acceptors (Lipinski definition) is 4. The van der Waals surface area contributed by atoms with Gasteiger partial charge in [0.2, 0.25) is 11.8 Å². The van der Waals surface area contributed by atoms with Gasteiger partial charge in [0.25, 0.3) is 10.0 Å². The van der Waals surface area contributed by atoms with E-state index in [0.717, 1.165) is 42.0 Å². The highest BCUT2D eigenvalue weighted by molar-refractivity contribution is 7.92. The average molecular weight is 700 g/mol. The smallest absolute Gasteiger partial charge is 0.264 e. The zero-order valence-corrected chi connectivity index (χ0v) is 28.4. The summed E-state index contributed by atoms with van der Waals surface area (Å²) in [6.07, 6.45) is 5.21. The van der Waals surface area contributed by atoms with Crippen molar-refractivity contribution in [3.63, 3.8) is 0 Å². The summed E-state index contributed by atoms with van der Waals surface area (Å²) in [5.41, 5.74) is 1.47. The summed E-state index contributed by atoms with van der Waals surface area (Å²) in [5, 5.41) is 3.97. The van der Waals surface area contributed by atoms with Crippen molar-refractivity contribution in [1.82, 2.24) is 10.2 Å². The zero-order chi connectivity index (χ0) is 32.0. The summed E-state index contributed by atoms with van der Waals surface area (Å²) in [6.45, 7) is 2.96. The van der Waals surface area contributed by atoms with Crippen LogP contribution in [0.3, 0.4) is 0 Å². The van der Waals surface area contributed by atoms with Crippen molar-refractivity contribution < 1.29 is 18.0 Å². The van der Waals surface area contributed by atoms with Gasteiger partial charge < -0.3 is 10.2 Å². The van der Waals surface area contributed by atoms with Gasteiger partial charge in [0.05, 0.1) is 20.6 Å². The van der Waals surface area contributed by atoms with Crippen LogP contribution in [0.1, 0.15) is 56.6 Å². The van der Waals surface area contributed by atoms with Crippen LogP contribution in [0.4, 0.5) is 5.69 Å². The molecule has 0 heterocycles. The van der Waals surface area contributed by atoms with E-state index in [0.29, 0.717) is 15.6 Å². The number of hydrogen-bond donors (Lipinski definition) is 1. The van der Waals surface area contributed by atoms with Crippen LogP contribution in [-0.2, 0) is 26.2 Å². The summed E-state index contributed by atoms with van der Waals surface area (Å²) < 4.78 is 29.1. The summed E-state index contributed by atoms with van der Waals surface area (Å²) >= 11 is 25.4. The van der Waals surface area contributed by atoms with E-state index < -0.39 is 28.5 Å². The molecule has 1 saturated carbocycles. The Hall–Kier alpha value is -2.49. The minimum absolute atomic E-state index is 0.0186. The Labute approximate surface area is 279 Å². The monoisotopic (exact) mass is 697 g/mol. The van der Waals surface area contributed by atoms with Gasteiger partial charge in [0, 0.05) is 22.6 Å². The normalized spacial score (nSPS) is 14.6. The number of aryl methyl sites for hydroxylation is 1. The quantitative estimate of drug-likeness (QED) is 0.220. The van der Waals surface area contributed by atoms with E-state index in [9.17, 15) is 18.0 Å². The number of anilines is 1. The number of sulfonamides is 1. The molecule has 0 radical (unpaired) electrons. The van der Waals surface area contributed by atoms with Gasteiger partial charge in [-0.1, -0.05) is 102 Å². The third-order valence-electron chi connectivity index (χ3n) is 7.78. The van der Waals surface area contributed by atoms with E-state index in [2.05, 4.69) is 5.32 Å². The fourth-order valence-corrected chi connectivity index (χ4v) is 7.67. The Morgan fingerprint density at radius 2 is 1.61 bits per heavy atom. The fourth-order valence-electron chi connectivity index (χ4n) is 5.33. The number of nitrogens with zero attached hydrogens (tertiary/aromatic N) is 2. The van der Waals surface area contributed by atoms with Crippen LogP contribution in [-0.4, -0.2) is 43.8 Å². The fraction of sp³-hybridized carbons (Fsp3) is 0.375. The molecule has 1 atom stereocenters. The molecule has 236 valence electrons. The maximum absolute atomic E-state index is 14.3. The maximum atomic E-state index is 14.3. The highest BCUT2D eigenvalue weighted by Crippen LogP contribution is 2.36. The van der Waals surface area contributed by atoms with Crippen molar-refractivity contribution in [3.05, 3.63) is 91.9 Å². The van der Waals surface area contributed by atoms with Gasteiger partial charge >= 0.3 is 0 Å². The molecule has 3 aromatic carbocycles. The highest BCUT2D eigenvalue weighted by atomic mass is 35.5. The zero-order valence-electron chi connectivity index (χ0n) is 24.5. The lowest BCUT2D eigenvalue weighted by Crippen LogP contribution is -2.54. The molecule has 3 aromatic rings. The second-order valence-corrected chi connectivity index (χ2v) is 14.4. The van der Waals surface area contributed by atoms with E-state index in [4.69, 9.17) is 46.4 Å². The van der Waals surface area contributed by atoms with E-state index in [1.165, 1.54) is 29.2 Å². The lowest BCUT2D eigenvalue weighted by molar-refractivity contribution is -0.140. The molecule has 1 N–H and O–H groups in total. The molecular formula is C32H35Cl4N3O4S. The molecular weight excluding hydrogens is 664 g/mol. The second-order valence-electron chi connectivity index (χ2n) is 10.9. The Bertz CT molecular complexity index is 1600. The topological polar surface area (TPSA) is 86.8 Å². The van der Waals surface area contributed by atoms with Crippen LogP contribution in [0.25, 0.3) is 0 Å². The van der Waals surface area contributed by atoms with Gasteiger partial charge in [-0.25, -0.2) is 8.42 Å². The molecule has 0 aliphatic heterocycles. The number of rotatable bonds is 11. The number of halogens is 4. The Kier molecular flexibility index (Phi) is 11.9. The van der Waals surface area contributed by atoms with Crippen LogP contribution in [0.5, 0.6) is 0 Å². The molecule has 7 nitrogen and oxygen atoms in total. The molecule has 12 heteroatoms. The number of nitrogens with one attached hydrogen (secondary N) is 1. The van der Waals surface area contributed by atoms with Crippen molar-refractivity contribution in [3.8, 4) is 0 Å². The third kappa shape index (κ3) is 8.20. The molecule has 1 fully saturated rings. The van der Waals surface area contributed by atoms with Gasteiger partial charge in [0.1, 0.15) is 12.6 Å². The first kappa shape index (κ1) is 34.4. The molecule has 1 aliphatic carbocycles. The lowest BCUT2D eigenvalue weighted by atomic mass is 9.95. The molecule has 1 aliphatic rings. The number of benzene rings is 3. The van der Waals surface area contributed by atoms with E-state index in [-0.39, 0.29) is 45.5 Å². The molecule has 0 saturated heterocycles. The Morgan fingerprint density at radius 3 is 2.25 bits per heavy atom. The highest BCUT2D eigenvalue weighted by Gasteiger charge is 2.35. The van der Waals surface area contributed by atoms with Crippen molar-refractivity contribution in [2.45, 2.75) is 75.9 Å². The maximum Gasteiger partial charge on any atom is 0.264 e. The summed E-state index contributed by atoms with van der Waals surface area (Å²) in [5.74, 6) is -0.917. The van der Waals surface area contributed by atoms with E-state index in [1.54, 1.807) is 36.4 Å². The van der Waals surface area contributed by atoms with Crippen molar-refractivity contribution in [1.29, 1.82) is 0 Å². The van der Waals surface area contributed by atoms with Crippen molar-refractivity contribution in [2.24, 2.45) is 0 Å². The van der Waals surface area contributed by atoms with Gasteiger partial charge in [-0.3, -0.25) is 13.9 Å². The van der Waals surface area contributed by atoms with Gasteiger partial charge in [-0.15, -0.1) is 0 Å². The first-order valence-electron chi connectivity index (χ1n) is 14.5. The second kappa shape index (κ2) is 15.2. The molecule has 0 spiro atoms. The molecule has 4 rings (SSSR count). The summed E-state index contributed by atoms with van der Waals surface area (Å²) in [7, 11) is -4.30. The predicted molar refractivity (Wildman–Crippen MR) is 178 cm³/mol. The lowest BCUT2D eigenvalue weighted by Gasteiger charge is -2.34. The van der Waals surface area contributed by atoms with Crippen LogP contribution >= 0.6 is 46.4 Å². The van der Waals surface area contributed by atoms with Gasteiger partial charge in [-0.2, -0.15) is 0 Å². The SMILES string of the molecule is CC[C@@H](C(=O)NC1CCCCC1)N(Cc1ccc(Cl)cc1Cl)C(=O)CN(c1cccc(Cl)c1Cl)S(=O)(=O)c1ccc(C)cc1. The van der Waals surface area contributed by atoms with Crippen LogP contribution < -0.4 is 9.62 Å². The summed E-state index contributed by atoms with van der Waals surface area (Å²) in [6, 6.07) is 14.9. The third-order valence-corrected chi connectivity index (χ3v) is 11.0. The molecule has 0 aromatic heterocycles. The largest absolute Gasteiger partial charge is 0.352 e. The minimum atomic E-state index is -4.30. The minimum Gasteiger partial charge on any atom is -0.352 e. The number of amides is 2. The van der Waals surface area contributed by atoms with Crippen molar-refractivity contribution >= 4 is 73.9 Å². The Morgan fingerprint density at radius 1 is 0.932 bits per heavy atom. The van der Waals surface area contributed by atoms with E-state index >= 15 is 0 Å². The van der Waals surface area contributed by atoms with Crippen LogP contribution in [0.15, 0.2) is 65.6 Å². The Balaban J connectivity index is 1.76. The summed E-state index contributed by atoms with van der Waals surface area (Å²) in [4.78, 5) is 29.4. The standard InChI is InChI=1S/C32H35Cl4N3O4S/c1-3-28(32(41)37-24-8-5-4-6-9-24)38(19-22-14-15-23(33)18-27(22)35)30(40)20-39(29-11-7-10-26(34)31(29)36)44(42,43)25-16-12-21(2)13-17-25/h7,10-18,24,28H,3-6,8-9,19-20H2,1-2H3,(H,37,41)/t28-/m0/s1. The van der Waals surface area contributed by atoms with Crippen molar-refractivity contribution in [2.75, 3.05) is 10.8 Å². The number of carbonyl (C=O) groups is 2. The van der Waals surface area contributed by atoms with Crippen LogP contribution in [0, 0.1) is 6.92 Å². The first-order chi connectivity index (χ1) is 20.9. The van der Waals surface area contributed by atoms with Crippen LogP contribution in [0.2, 0.25) is 20.1 Å².